The van der Waals surface area contributed by atoms with Gasteiger partial charge in [0, 0.05) is 23.8 Å². The lowest BCUT2D eigenvalue weighted by molar-refractivity contribution is -0.566. The Morgan fingerprint density at radius 3 is 2.58 bits per heavy atom. The average Bonchev–Trinajstić information content (AvgIpc) is 2.82. The van der Waals surface area contributed by atoms with Gasteiger partial charge in [-0.3, -0.25) is 0 Å². The van der Waals surface area contributed by atoms with Crippen LogP contribution in [0.3, 0.4) is 0 Å². The average molecular weight is 256 g/mol. The van der Waals surface area contributed by atoms with E-state index < -0.39 is 0 Å². The maximum Gasteiger partial charge on any atom is 0.203 e. The van der Waals surface area contributed by atoms with Gasteiger partial charge in [0.25, 0.3) is 0 Å². The van der Waals surface area contributed by atoms with E-state index in [0.29, 0.717) is 12.3 Å². The van der Waals surface area contributed by atoms with Crippen molar-refractivity contribution >= 4 is 12.1 Å². The van der Waals surface area contributed by atoms with Gasteiger partial charge in [0.05, 0.1) is 0 Å². The molecule has 1 fully saturated rings. The molecule has 0 N–H and O–H groups in total. The zero-order chi connectivity index (χ0) is 13.1. The fourth-order valence-electron chi connectivity index (χ4n) is 3.23. The minimum Gasteiger partial charge on any atom is -0.857 e. The molecule has 0 amide bonds. The highest BCUT2D eigenvalue weighted by molar-refractivity contribution is 5.77. The summed E-state index contributed by atoms with van der Waals surface area (Å²) in [5.41, 5.74) is 1.11. The highest BCUT2D eigenvalue weighted by Crippen LogP contribution is 2.31. The number of rotatable bonds is 2. The molecule has 1 unspecified atom stereocenters. The molecule has 0 spiro atoms. The van der Waals surface area contributed by atoms with E-state index in [-0.39, 0.29) is 11.9 Å². The van der Waals surface area contributed by atoms with Gasteiger partial charge in [-0.05, 0) is 30.1 Å². The third-order valence-electron chi connectivity index (χ3n) is 4.23. The van der Waals surface area contributed by atoms with Crippen LogP contribution < -0.4 is 5.11 Å². The van der Waals surface area contributed by atoms with E-state index in [1.54, 1.807) is 0 Å². The molecule has 1 aromatic rings. The number of hydrogen-bond donors (Lipinski definition) is 0. The summed E-state index contributed by atoms with van der Waals surface area (Å²) in [4.78, 5) is 0. The van der Waals surface area contributed by atoms with E-state index in [0.717, 1.165) is 5.56 Å². The first kappa shape index (κ1) is 12.4. The van der Waals surface area contributed by atoms with E-state index in [2.05, 4.69) is 17.2 Å². The highest BCUT2D eigenvalue weighted by atomic mass is 16.3. The van der Waals surface area contributed by atoms with Crippen molar-refractivity contribution in [2.75, 3.05) is 0 Å². The first-order valence-corrected chi connectivity index (χ1v) is 7.26. The van der Waals surface area contributed by atoms with Crippen LogP contribution in [0, 0.1) is 5.92 Å². The molecule has 0 saturated heterocycles. The smallest absolute Gasteiger partial charge is 0.203 e. The van der Waals surface area contributed by atoms with Crippen LogP contribution in [-0.2, 0) is 0 Å². The van der Waals surface area contributed by atoms with Gasteiger partial charge < -0.3 is 5.11 Å². The lowest BCUT2D eigenvalue weighted by atomic mass is 9.83. The number of nitrogens with zero attached hydrogens (tertiary/aromatic N) is 2. The molecule has 0 bridgehead atoms. The van der Waals surface area contributed by atoms with E-state index in [4.69, 9.17) is 0 Å². The van der Waals surface area contributed by atoms with Crippen LogP contribution >= 0.6 is 0 Å². The quantitative estimate of drug-likeness (QED) is 0.747. The molecule has 1 saturated carbocycles. The zero-order valence-corrected chi connectivity index (χ0v) is 11.2. The van der Waals surface area contributed by atoms with Gasteiger partial charge in [-0.1, -0.05) is 42.1 Å². The Balaban J connectivity index is 1.82. The summed E-state index contributed by atoms with van der Waals surface area (Å²) in [6, 6.07) is 10.4. The van der Waals surface area contributed by atoms with E-state index in [9.17, 15) is 5.11 Å². The molecule has 3 heteroatoms. The Kier molecular flexibility index (Phi) is 3.62. The van der Waals surface area contributed by atoms with Crippen LogP contribution in [0.15, 0.2) is 35.4 Å². The maximum absolute atomic E-state index is 11.7. The highest BCUT2D eigenvalue weighted by Gasteiger charge is 2.36. The van der Waals surface area contributed by atoms with Crippen LogP contribution in [0.2, 0.25) is 0 Å². The molecule has 19 heavy (non-hydrogen) atoms. The van der Waals surface area contributed by atoms with Crippen LogP contribution in [0.4, 0.5) is 0 Å². The van der Waals surface area contributed by atoms with Gasteiger partial charge in [0.15, 0.2) is 6.04 Å². The number of benzene rings is 1. The summed E-state index contributed by atoms with van der Waals surface area (Å²) >= 11 is 0. The predicted octanol–water partition coefficient (Wildman–Crippen LogP) is 2.14. The second kappa shape index (κ2) is 5.55. The molecule has 3 rings (SSSR count). The van der Waals surface area contributed by atoms with Crippen LogP contribution in [-0.4, -0.2) is 22.8 Å². The monoisotopic (exact) mass is 256 g/mol. The normalized spacial score (nSPS) is 26.6. The van der Waals surface area contributed by atoms with Crippen molar-refractivity contribution in [1.82, 2.24) is 0 Å². The van der Waals surface area contributed by atoms with Crippen molar-refractivity contribution in [2.24, 2.45) is 11.0 Å². The number of hydrazone groups is 1. The Morgan fingerprint density at radius 1 is 1.11 bits per heavy atom. The first-order valence-electron chi connectivity index (χ1n) is 7.26. The van der Waals surface area contributed by atoms with Gasteiger partial charge in [-0.25, -0.2) is 0 Å². The summed E-state index contributed by atoms with van der Waals surface area (Å²) in [7, 11) is 0. The SMILES string of the molecule is [O-]C1=N/[N+](=C\c2ccccc2)C(C2CCCCC2)C1. The molecular formula is C16H20N2O. The van der Waals surface area contributed by atoms with Crippen molar-refractivity contribution in [2.45, 2.75) is 44.6 Å². The Hall–Kier alpha value is -1.64. The molecular weight excluding hydrogens is 236 g/mol. The summed E-state index contributed by atoms with van der Waals surface area (Å²) in [5.74, 6) is 0.659. The van der Waals surface area contributed by atoms with Crippen molar-refractivity contribution in [3.05, 3.63) is 35.9 Å². The standard InChI is InChI=1S/C16H20N2O/c19-16-11-15(14-9-5-2-6-10-14)18(17-16)12-13-7-3-1-4-8-13/h1,3-4,7-8,12,14-15H,2,5-6,9-11H2/b18-12-. The zero-order valence-electron chi connectivity index (χ0n) is 11.2. The number of hydrogen-bond acceptors (Lipinski definition) is 2. The van der Waals surface area contributed by atoms with Gasteiger partial charge in [-0.2, -0.15) is 0 Å². The van der Waals surface area contributed by atoms with Gasteiger partial charge in [-0.15, -0.1) is 0 Å². The van der Waals surface area contributed by atoms with E-state index >= 15 is 0 Å². The minimum atomic E-state index is 0.0303. The molecule has 1 aliphatic heterocycles. The van der Waals surface area contributed by atoms with Crippen molar-refractivity contribution < 1.29 is 9.79 Å². The Morgan fingerprint density at radius 2 is 1.84 bits per heavy atom. The molecule has 0 aromatic heterocycles. The second-order valence-corrected chi connectivity index (χ2v) is 5.58. The molecule has 1 aliphatic carbocycles. The Labute approximate surface area is 114 Å². The summed E-state index contributed by atoms with van der Waals surface area (Å²) in [5, 5.41) is 15.8. The molecule has 100 valence electrons. The fraction of sp³-hybridized carbons (Fsp3) is 0.500. The van der Waals surface area contributed by atoms with Crippen molar-refractivity contribution in [3.8, 4) is 0 Å². The van der Waals surface area contributed by atoms with Gasteiger partial charge >= 0.3 is 0 Å². The third kappa shape index (κ3) is 2.86. The van der Waals surface area contributed by atoms with Crippen LogP contribution in [0.1, 0.15) is 44.1 Å². The molecule has 3 nitrogen and oxygen atoms in total. The van der Waals surface area contributed by atoms with Crippen molar-refractivity contribution in [3.63, 3.8) is 0 Å². The summed E-state index contributed by atoms with van der Waals surface area (Å²) in [6.45, 7) is 0. The molecule has 0 radical (unpaired) electrons. The largest absolute Gasteiger partial charge is 0.857 e. The Bertz CT molecular complexity index is 487. The van der Waals surface area contributed by atoms with Gasteiger partial charge in [0.1, 0.15) is 0 Å². The van der Waals surface area contributed by atoms with Crippen LogP contribution in [0.25, 0.3) is 0 Å². The van der Waals surface area contributed by atoms with Gasteiger partial charge in [0.2, 0.25) is 6.21 Å². The van der Waals surface area contributed by atoms with Crippen molar-refractivity contribution in [1.29, 1.82) is 0 Å². The first-order chi connectivity index (χ1) is 9.33. The van der Waals surface area contributed by atoms with E-state index in [1.807, 2.05) is 29.1 Å². The van der Waals surface area contributed by atoms with E-state index in [1.165, 1.54) is 32.1 Å². The molecule has 1 heterocycles. The lowest BCUT2D eigenvalue weighted by Gasteiger charge is -2.23. The molecule has 2 aliphatic rings. The van der Waals surface area contributed by atoms with Crippen LogP contribution in [0.5, 0.6) is 0 Å². The fourth-order valence-corrected chi connectivity index (χ4v) is 3.23. The second-order valence-electron chi connectivity index (χ2n) is 5.58. The molecule has 1 aromatic carbocycles. The minimum absolute atomic E-state index is 0.0303. The maximum atomic E-state index is 11.7. The third-order valence-corrected chi connectivity index (χ3v) is 4.23. The predicted molar refractivity (Wildman–Crippen MR) is 74.3 cm³/mol. The lowest BCUT2D eigenvalue weighted by Crippen LogP contribution is -2.31. The molecule has 1 atom stereocenters. The summed E-state index contributed by atoms with van der Waals surface area (Å²) < 4.78 is 1.92. The topological polar surface area (TPSA) is 38.4 Å². The summed E-state index contributed by atoms with van der Waals surface area (Å²) in [6.07, 6.45) is 9.04.